The molecule has 1 unspecified atom stereocenters. The number of carbonyl (C=O) groups excluding carboxylic acids is 2. The third-order valence-electron chi connectivity index (χ3n) is 4.13. The predicted octanol–water partition coefficient (Wildman–Crippen LogP) is -1.14. The highest BCUT2D eigenvalue weighted by molar-refractivity contribution is 5.81. The maximum absolute atomic E-state index is 12.0. The molecule has 2 aliphatic heterocycles. The highest BCUT2D eigenvalue weighted by Gasteiger charge is 2.28. The van der Waals surface area contributed by atoms with Crippen LogP contribution >= 0.6 is 0 Å². The van der Waals surface area contributed by atoms with Gasteiger partial charge < -0.3 is 14.7 Å². The number of nitrogens with zero attached hydrogens (tertiary/aromatic N) is 4. The zero-order valence-corrected chi connectivity index (χ0v) is 12.5. The second-order valence-corrected chi connectivity index (χ2v) is 5.66. The van der Waals surface area contributed by atoms with Gasteiger partial charge in [0.2, 0.25) is 11.8 Å². The average molecular weight is 293 g/mol. The molecular formula is C14H23N5O2. The van der Waals surface area contributed by atoms with Gasteiger partial charge in [-0.3, -0.25) is 14.9 Å². The van der Waals surface area contributed by atoms with Crippen LogP contribution in [-0.4, -0.2) is 85.4 Å². The largest absolute Gasteiger partial charge is 0.339 e. The molecule has 0 aromatic carbocycles. The monoisotopic (exact) mass is 293 g/mol. The summed E-state index contributed by atoms with van der Waals surface area (Å²) in [6.07, 6.45) is 1.63. The second-order valence-electron chi connectivity index (χ2n) is 5.66. The number of likely N-dealkylation sites (N-methyl/N-ethyl adjacent to an activating group) is 1. The van der Waals surface area contributed by atoms with E-state index in [4.69, 9.17) is 5.26 Å². The SMILES string of the molecule is CN1CCN(C(=O)CNCC(=O)N2CCCC2C#N)CC1. The molecule has 2 aliphatic rings. The smallest absolute Gasteiger partial charge is 0.237 e. The van der Waals surface area contributed by atoms with E-state index in [1.807, 2.05) is 11.9 Å². The minimum atomic E-state index is -0.298. The number of hydrogen-bond donors (Lipinski definition) is 1. The molecule has 2 fully saturated rings. The van der Waals surface area contributed by atoms with Crippen LogP contribution in [0.4, 0.5) is 0 Å². The van der Waals surface area contributed by atoms with Crippen LogP contribution in [0.25, 0.3) is 0 Å². The predicted molar refractivity (Wildman–Crippen MR) is 77.3 cm³/mol. The van der Waals surface area contributed by atoms with Crippen molar-refractivity contribution in [3.8, 4) is 6.07 Å². The first-order chi connectivity index (χ1) is 10.1. The van der Waals surface area contributed by atoms with E-state index in [9.17, 15) is 9.59 Å². The zero-order valence-electron chi connectivity index (χ0n) is 12.5. The molecule has 0 aromatic rings. The first-order valence-corrected chi connectivity index (χ1v) is 7.48. The topological polar surface area (TPSA) is 79.7 Å². The van der Waals surface area contributed by atoms with E-state index in [1.165, 1.54) is 0 Å². The van der Waals surface area contributed by atoms with Gasteiger partial charge in [0, 0.05) is 32.7 Å². The highest BCUT2D eigenvalue weighted by atomic mass is 16.2. The number of hydrogen-bond acceptors (Lipinski definition) is 5. The van der Waals surface area contributed by atoms with E-state index < -0.39 is 0 Å². The number of carbonyl (C=O) groups is 2. The molecule has 2 saturated heterocycles. The molecule has 7 nitrogen and oxygen atoms in total. The fourth-order valence-corrected chi connectivity index (χ4v) is 2.74. The molecule has 1 atom stereocenters. The zero-order chi connectivity index (χ0) is 15.2. The Morgan fingerprint density at radius 2 is 1.81 bits per heavy atom. The summed E-state index contributed by atoms with van der Waals surface area (Å²) >= 11 is 0. The lowest BCUT2D eigenvalue weighted by molar-refractivity contribution is -0.132. The molecule has 0 aromatic heterocycles. The highest BCUT2D eigenvalue weighted by Crippen LogP contribution is 2.15. The van der Waals surface area contributed by atoms with Crippen LogP contribution in [0.2, 0.25) is 0 Å². The van der Waals surface area contributed by atoms with E-state index >= 15 is 0 Å². The molecule has 116 valence electrons. The van der Waals surface area contributed by atoms with Gasteiger partial charge in [0.25, 0.3) is 0 Å². The summed E-state index contributed by atoms with van der Waals surface area (Å²) in [5.41, 5.74) is 0. The van der Waals surface area contributed by atoms with Gasteiger partial charge in [0.1, 0.15) is 6.04 Å². The van der Waals surface area contributed by atoms with Gasteiger partial charge in [0.05, 0.1) is 19.2 Å². The molecule has 21 heavy (non-hydrogen) atoms. The standard InChI is InChI=1S/C14H23N5O2/c1-17-5-7-18(8-6-17)13(20)10-16-11-14(21)19-4-2-3-12(19)9-15/h12,16H,2-8,10-11H2,1H3. The van der Waals surface area contributed by atoms with Crippen molar-refractivity contribution in [2.75, 3.05) is 52.9 Å². The van der Waals surface area contributed by atoms with Crippen molar-refractivity contribution in [3.63, 3.8) is 0 Å². The summed E-state index contributed by atoms with van der Waals surface area (Å²) in [5.74, 6) is -0.0561. The van der Waals surface area contributed by atoms with Crippen molar-refractivity contribution in [3.05, 3.63) is 0 Å². The number of likely N-dealkylation sites (tertiary alicyclic amines) is 1. The third-order valence-corrected chi connectivity index (χ3v) is 4.13. The first-order valence-electron chi connectivity index (χ1n) is 7.48. The van der Waals surface area contributed by atoms with Gasteiger partial charge in [-0.15, -0.1) is 0 Å². The maximum atomic E-state index is 12.0. The van der Waals surface area contributed by atoms with Crippen molar-refractivity contribution in [1.29, 1.82) is 5.26 Å². The quantitative estimate of drug-likeness (QED) is 0.709. The van der Waals surface area contributed by atoms with Crippen molar-refractivity contribution >= 4 is 11.8 Å². The lowest BCUT2D eigenvalue weighted by Gasteiger charge is -2.32. The Morgan fingerprint density at radius 3 is 2.48 bits per heavy atom. The Hall–Kier alpha value is -1.65. The van der Waals surface area contributed by atoms with E-state index in [0.717, 1.165) is 39.0 Å². The molecule has 2 amide bonds. The first kappa shape index (κ1) is 15.7. The summed E-state index contributed by atoms with van der Waals surface area (Å²) in [5, 5.41) is 11.9. The molecule has 0 radical (unpaired) electrons. The van der Waals surface area contributed by atoms with E-state index in [0.29, 0.717) is 6.54 Å². The van der Waals surface area contributed by atoms with Crippen molar-refractivity contribution in [2.45, 2.75) is 18.9 Å². The minimum Gasteiger partial charge on any atom is -0.339 e. The fourth-order valence-electron chi connectivity index (χ4n) is 2.74. The molecule has 0 aliphatic carbocycles. The number of rotatable bonds is 4. The van der Waals surface area contributed by atoms with Crippen LogP contribution in [0.1, 0.15) is 12.8 Å². The average Bonchev–Trinajstić information content (AvgIpc) is 2.96. The molecule has 0 bridgehead atoms. The maximum Gasteiger partial charge on any atom is 0.237 e. The summed E-state index contributed by atoms with van der Waals surface area (Å²) in [7, 11) is 2.04. The number of nitriles is 1. The Kier molecular flexibility index (Phi) is 5.53. The van der Waals surface area contributed by atoms with E-state index in [2.05, 4.69) is 16.3 Å². The third kappa shape index (κ3) is 4.16. The van der Waals surface area contributed by atoms with Crippen molar-refractivity contribution in [1.82, 2.24) is 20.0 Å². The number of amides is 2. The summed E-state index contributed by atoms with van der Waals surface area (Å²) in [6.45, 7) is 4.22. The van der Waals surface area contributed by atoms with Crippen LogP contribution in [0.3, 0.4) is 0 Å². The van der Waals surface area contributed by atoms with Crippen LogP contribution in [0, 0.1) is 11.3 Å². The van der Waals surface area contributed by atoms with Gasteiger partial charge in [-0.25, -0.2) is 0 Å². The van der Waals surface area contributed by atoms with Crippen LogP contribution < -0.4 is 5.32 Å². The van der Waals surface area contributed by atoms with Crippen LogP contribution in [0.15, 0.2) is 0 Å². The van der Waals surface area contributed by atoms with Crippen LogP contribution in [-0.2, 0) is 9.59 Å². The van der Waals surface area contributed by atoms with Gasteiger partial charge in [-0.2, -0.15) is 5.26 Å². The number of piperazine rings is 1. The van der Waals surface area contributed by atoms with E-state index in [1.54, 1.807) is 4.90 Å². The normalized spacial score (nSPS) is 23.1. The lowest BCUT2D eigenvalue weighted by Crippen LogP contribution is -2.50. The Morgan fingerprint density at radius 1 is 1.14 bits per heavy atom. The summed E-state index contributed by atoms with van der Waals surface area (Å²) < 4.78 is 0. The fraction of sp³-hybridized carbons (Fsp3) is 0.786. The van der Waals surface area contributed by atoms with Crippen LogP contribution in [0.5, 0.6) is 0 Å². The molecule has 7 heteroatoms. The molecule has 2 rings (SSSR count). The minimum absolute atomic E-state index is 0.0363. The Balaban J connectivity index is 1.68. The molecule has 1 N–H and O–H groups in total. The molecular weight excluding hydrogens is 270 g/mol. The molecule has 0 spiro atoms. The van der Waals surface area contributed by atoms with Crippen molar-refractivity contribution < 1.29 is 9.59 Å². The molecule has 0 saturated carbocycles. The van der Waals surface area contributed by atoms with Gasteiger partial charge >= 0.3 is 0 Å². The second kappa shape index (κ2) is 7.38. The van der Waals surface area contributed by atoms with Gasteiger partial charge in [-0.1, -0.05) is 0 Å². The van der Waals surface area contributed by atoms with E-state index in [-0.39, 0.29) is 30.9 Å². The Labute approximate surface area is 125 Å². The Bertz CT molecular complexity index is 426. The molecule has 2 heterocycles. The van der Waals surface area contributed by atoms with Gasteiger partial charge in [0.15, 0.2) is 0 Å². The number of nitrogens with one attached hydrogen (secondary N) is 1. The summed E-state index contributed by atoms with van der Waals surface area (Å²) in [4.78, 5) is 29.6. The van der Waals surface area contributed by atoms with Gasteiger partial charge in [-0.05, 0) is 19.9 Å². The van der Waals surface area contributed by atoms with Crippen molar-refractivity contribution in [2.24, 2.45) is 0 Å². The lowest BCUT2D eigenvalue weighted by atomic mass is 10.2. The summed E-state index contributed by atoms with van der Waals surface area (Å²) in [6, 6.07) is 1.85.